The van der Waals surface area contributed by atoms with E-state index in [9.17, 15) is 9.59 Å². The van der Waals surface area contributed by atoms with Crippen LogP contribution in [0.5, 0.6) is 0 Å². The van der Waals surface area contributed by atoms with Crippen LogP contribution in [0.15, 0.2) is 42.5 Å². The number of nitriles is 2. The molecule has 1 amide bonds. The highest BCUT2D eigenvalue weighted by atomic mass is 16.5. The molecule has 1 aromatic carbocycles. The SMILES string of the molecule is N#CCCN(CCC#N)C(=O)COC(=O)/C=C/c1ccc2ccccc2n1. The van der Waals surface area contributed by atoms with E-state index in [0.29, 0.717) is 5.69 Å². The minimum Gasteiger partial charge on any atom is -0.452 e. The lowest BCUT2D eigenvalue weighted by Gasteiger charge is -2.19. The van der Waals surface area contributed by atoms with E-state index in [1.165, 1.54) is 17.1 Å². The third kappa shape index (κ3) is 6.26. The number of hydrogen-bond acceptors (Lipinski definition) is 6. The van der Waals surface area contributed by atoms with Gasteiger partial charge in [0.05, 0.1) is 36.2 Å². The Bertz CT molecular complexity index is 907. The Kier molecular flexibility index (Phi) is 7.50. The number of aromatic nitrogens is 1. The first-order chi connectivity index (χ1) is 13.1. The van der Waals surface area contributed by atoms with Crippen LogP contribution in [0, 0.1) is 22.7 Å². The molecule has 0 aliphatic carbocycles. The van der Waals surface area contributed by atoms with Crippen LogP contribution in [-0.2, 0) is 14.3 Å². The molecule has 0 unspecified atom stereocenters. The largest absolute Gasteiger partial charge is 0.452 e. The van der Waals surface area contributed by atoms with Crippen LogP contribution in [0.4, 0.5) is 0 Å². The van der Waals surface area contributed by atoms with E-state index in [1.807, 2.05) is 42.5 Å². The van der Waals surface area contributed by atoms with Gasteiger partial charge in [0.25, 0.3) is 5.91 Å². The summed E-state index contributed by atoms with van der Waals surface area (Å²) in [5.74, 6) is -1.11. The molecule has 0 N–H and O–H groups in total. The van der Waals surface area contributed by atoms with Gasteiger partial charge in [-0.1, -0.05) is 24.3 Å². The van der Waals surface area contributed by atoms with E-state index in [-0.39, 0.29) is 25.9 Å². The molecule has 0 saturated carbocycles. The fourth-order valence-corrected chi connectivity index (χ4v) is 2.33. The first kappa shape index (κ1) is 19.6. The third-order valence-electron chi connectivity index (χ3n) is 3.69. The maximum atomic E-state index is 12.1. The van der Waals surface area contributed by atoms with Gasteiger partial charge in [0.15, 0.2) is 6.61 Å². The van der Waals surface area contributed by atoms with Crippen molar-refractivity contribution in [3.8, 4) is 12.1 Å². The molecule has 27 heavy (non-hydrogen) atoms. The molecule has 1 heterocycles. The summed E-state index contributed by atoms with van der Waals surface area (Å²) in [4.78, 5) is 29.6. The molecular formula is C20H18N4O3. The molecule has 0 radical (unpaired) electrons. The number of pyridine rings is 1. The lowest BCUT2D eigenvalue weighted by atomic mass is 10.2. The smallest absolute Gasteiger partial charge is 0.331 e. The fraction of sp³-hybridized carbons (Fsp3) is 0.250. The molecule has 0 atom stereocenters. The average Bonchev–Trinajstić information content (AvgIpc) is 2.70. The first-order valence-electron chi connectivity index (χ1n) is 8.36. The van der Waals surface area contributed by atoms with Crippen molar-refractivity contribution >= 4 is 28.9 Å². The molecule has 7 heteroatoms. The Balaban J connectivity index is 1.89. The topological polar surface area (TPSA) is 107 Å². The summed E-state index contributed by atoms with van der Waals surface area (Å²) in [5.41, 5.74) is 1.41. The predicted octanol–water partition coefficient (Wildman–Crippen LogP) is 2.45. The summed E-state index contributed by atoms with van der Waals surface area (Å²) in [5, 5.41) is 18.3. The van der Waals surface area contributed by atoms with E-state index < -0.39 is 18.5 Å². The number of ether oxygens (including phenoxy) is 1. The van der Waals surface area contributed by atoms with Crippen molar-refractivity contribution in [3.63, 3.8) is 0 Å². The lowest BCUT2D eigenvalue weighted by molar-refractivity contribution is -0.148. The Labute approximate surface area is 157 Å². The molecule has 2 aromatic rings. The second kappa shape index (κ2) is 10.3. The maximum absolute atomic E-state index is 12.1. The summed E-state index contributed by atoms with van der Waals surface area (Å²) in [6.07, 6.45) is 3.03. The summed E-state index contributed by atoms with van der Waals surface area (Å²) in [6, 6.07) is 15.2. The van der Waals surface area contributed by atoms with E-state index >= 15 is 0 Å². The highest BCUT2D eigenvalue weighted by Crippen LogP contribution is 2.12. The van der Waals surface area contributed by atoms with Gasteiger partial charge in [0.2, 0.25) is 0 Å². The molecule has 2 rings (SSSR count). The van der Waals surface area contributed by atoms with Gasteiger partial charge in [-0.2, -0.15) is 10.5 Å². The Morgan fingerprint density at radius 1 is 1.07 bits per heavy atom. The second-order valence-corrected chi connectivity index (χ2v) is 5.57. The van der Waals surface area contributed by atoms with Gasteiger partial charge in [-0.25, -0.2) is 9.78 Å². The van der Waals surface area contributed by atoms with Crippen molar-refractivity contribution in [2.45, 2.75) is 12.8 Å². The van der Waals surface area contributed by atoms with Gasteiger partial charge in [0.1, 0.15) is 0 Å². The molecule has 1 aromatic heterocycles. The van der Waals surface area contributed by atoms with Gasteiger partial charge in [-0.05, 0) is 18.2 Å². The zero-order valence-electron chi connectivity index (χ0n) is 14.7. The van der Waals surface area contributed by atoms with Crippen LogP contribution in [0.3, 0.4) is 0 Å². The molecule has 136 valence electrons. The maximum Gasteiger partial charge on any atom is 0.331 e. The molecule has 0 aliphatic rings. The zero-order valence-corrected chi connectivity index (χ0v) is 14.7. The van der Waals surface area contributed by atoms with Gasteiger partial charge in [-0.3, -0.25) is 4.79 Å². The number of para-hydroxylation sites is 1. The van der Waals surface area contributed by atoms with Crippen molar-refractivity contribution in [1.29, 1.82) is 10.5 Å². The summed E-state index contributed by atoms with van der Waals surface area (Å²) >= 11 is 0. The number of carbonyl (C=O) groups is 2. The van der Waals surface area contributed by atoms with E-state index in [4.69, 9.17) is 15.3 Å². The molecule has 0 aliphatic heterocycles. The minimum atomic E-state index is -0.668. The molecule has 0 spiro atoms. The number of hydrogen-bond donors (Lipinski definition) is 0. The molecule has 0 bridgehead atoms. The number of benzene rings is 1. The molecule has 0 fully saturated rings. The Hall–Kier alpha value is -3.71. The van der Waals surface area contributed by atoms with Crippen molar-refractivity contribution < 1.29 is 14.3 Å². The van der Waals surface area contributed by atoms with Crippen LogP contribution < -0.4 is 0 Å². The van der Waals surface area contributed by atoms with Crippen LogP contribution in [0.2, 0.25) is 0 Å². The summed E-state index contributed by atoms with van der Waals surface area (Å²) in [7, 11) is 0. The third-order valence-corrected chi connectivity index (χ3v) is 3.69. The number of nitrogens with zero attached hydrogens (tertiary/aromatic N) is 4. The van der Waals surface area contributed by atoms with E-state index in [0.717, 1.165) is 10.9 Å². The summed E-state index contributed by atoms with van der Waals surface area (Å²) in [6.45, 7) is -0.0397. The highest BCUT2D eigenvalue weighted by molar-refractivity contribution is 5.89. The Morgan fingerprint density at radius 3 is 2.48 bits per heavy atom. The van der Waals surface area contributed by atoms with Crippen LogP contribution in [0.1, 0.15) is 18.5 Å². The molecular weight excluding hydrogens is 344 g/mol. The Morgan fingerprint density at radius 2 is 1.78 bits per heavy atom. The quantitative estimate of drug-likeness (QED) is 0.527. The molecule has 0 saturated heterocycles. The minimum absolute atomic E-state index is 0.151. The lowest BCUT2D eigenvalue weighted by Crippen LogP contribution is -2.36. The normalized spacial score (nSPS) is 10.3. The van der Waals surface area contributed by atoms with Crippen molar-refractivity contribution in [1.82, 2.24) is 9.88 Å². The van der Waals surface area contributed by atoms with Gasteiger partial charge < -0.3 is 9.64 Å². The predicted molar refractivity (Wildman–Crippen MR) is 98.8 cm³/mol. The van der Waals surface area contributed by atoms with Gasteiger partial charge in [0, 0.05) is 24.6 Å². The van der Waals surface area contributed by atoms with Crippen molar-refractivity contribution in [2.24, 2.45) is 0 Å². The number of carbonyl (C=O) groups excluding carboxylic acids is 2. The van der Waals surface area contributed by atoms with Gasteiger partial charge >= 0.3 is 5.97 Å². The summed E-state index contributed by atoms with van der Waals surface area (Å²) < 4.78 is 4.94. The number of amides is 1. The van der Waals surface area contributed by atoms with Crippen molar-refractivity contribution in [2.75, 3.05) is 19.7 Å². The zero-order chi connectivity index (χ0) is 19.5. The van der Waals surface area contributed by atoms with Crippen LogP contribution in [0.25, 0.3) is 17.0 Å². The second-order valence-electron chi connectivity index (χ2n) is 5.57. The number of rotatable bonds is 8. The first-order valence-corrected chi connectivity index (χ1v) is 8.36. The monoisotopic (exact) mass is 362 g/mol. The average molecular weight is 362 g/mol. The highest BCUT2D eigenvalue weighted by Gasteiger charge is 2.14. The molecule has 7 nitrogen and oxygen atoms in total. The number of fused-ring (bicyclic) bond motifs is 1. The fourth-order valence-electron chi connectivity index (χ4n) is 2.33. The van der Waals surface area contributed by atoms with Gasteiger partial charge in [-0.15, -0.1) is 0 Å². The van der Waals surface area contributed by atoms with E-state index in [2.05, 4.69) is 4.98 Å². The standard InChI is InChI=1S/C20H18N4O3/c21-11-3-13-24(14-4-12-22)19(25)15-27-20(26)10-9-17-8-7-16-5-1-2-6-18(16)23-17/h1-2,5-10H,3-4,13-15H2/b10-9+. The van der Waals surface area contributed by atoms with Crippen molar-refractivity contribution in [3.05, 3.63) is 48.2 Å². The van der Waals surface area contributed by atoms with Crippen LogP contribution in [-0.4, -0.2) is 41.5 Å². The van der Waals surface area contributed by atoms with Crippen LogP contribution >= 0.6 is 0 Å². The number of esters is 1. The van der Waals surface area contributed by atoms with E-state index in [1.54, 1.807) is 6.07 Å².